The van der Waals surface area contributed by atoms with E-state index in [9.17, 15) is 10.1 Å². The third kappa shape index (κ3) is 3.53. The summed E-state index contributed by atoms with van der Waals surface area (Å²) in [6.07, 6.45) is 5.61. The predicted molar refractivity (Wildman–Crippen MR) is 95.9 cm³/mol. The van der Waals surface area contributed by atoms with Crippen LogP contribution >= 0.6 is 11.8 Å². The zero-order chi connectivity index (χ0) is 16.9. The summed E-state index contributed by atoms with van der Waals surface area (Å²) in [7, 11) is 0. The maximum absolute atomic E-state index is 12.2. The number of rotatable bonds is 4. The van der Waals surface area contributed by atoms with Crippen molar-refractivity contribution in [2.75, 3.05) is 19.3 Å². The fourth-order valence-corrected chi connectivity index (χ4v) is 3.47. The summed E-state index contributed by atoms with van der Waals surface area (Å²) in [5, 5.41) is 9.94. The van der Waals surface area contributed by atoms with Crippen molar-refractivity contribution in [3.05, 3.63) is 45.7 Å². The van der Waals surface area contributed by atoms with Gasteiger partial charge in [-0.1, -0.05) is 42.4 Å². The van der Waals surface area contributed by atoms with Crippen molar-refractivity contribution < 1.29 is 0 Å². The molecule has 0 amide bonds. The highest BCUT2D eigenvalue weighted by atomic mass is 32.2. The van der Waals surface area contributed by atoms with Gasteiger partial charge in [-0.25, -0.2) is 4.98 Å². The van der Waals surface area contributed by atoms with Gasteiger partial charge in [0.05, 0.1) is 5.69 Å². The van der Waals surface area contributed by atoms with Crippen LogP contribution in [0.3, 0.4) is 0 Å². The van der Waals surface area contributed by atoms with Crippen LogP contribution in [-0.2, 0) is 6.54 Å². The first kappa shape index (κ1) is 16.7. The molecule has 124 valence electrons. The molecule has 2 aromatic rings. The normalized spacial score (nSPS) is 15.2. The van der Waals surface area contributed by atoms with Gasteiger partial charge in [0, 0.05) is 12.1 Å². The number of H-pyrrole nitrogens is 1. The number of aromatic nitrogens is 2. The van der Waals surface area contributed by atoms with Crippen LogP contribution in [0.1, 0.15) is 30.4 Å². The summed E-state index contributed by atoms with van der Waals surface area (Å²) in [6.45, 7) is 3.01. The molecular formula is C18H20N4OS. The fourth-order valence-electron chi connectivity index (χ4n) is 3.10. The van der Waals surface area contributed by atoms with Crippen molar-refractivity contribution in [3.8, 4) is 17.3 Å². The Balaban J connectivity index is 2.05. The van der Waals surface area contributed by atoms with Gasteiger partial charge >= 0.3 is 0 Å². The molecule has 6 heteroatoms. The Morgan fingerprint density at radius 1 is 1.29 bits per heavy atom. The minimum atomic E-state index is -0.375. The van der Waals surface area contributed by atoms with Gasteiger partial charge in [0.2, 0.25) is 0 Å². The Bertz CT molecular complexity index is 818. The van der Waals surface area contributed by atoms with Crippen LogP contribution in [0.25, 0.3) is 11.3 Å². The number of hydrogen-bond acceptors (Lipinski definition) is 5. The molecule has 0 unspecified atom stereocenters. The molecule has 3 rings (SSSR count). The molecule has 0 radical (unpaired) electrons. The number of nitrogens with zero attached hydrogens (tertiary/aromatic N) is 3. The summed E-state index contributed by atoms with van der Waals surface area (Å²) in [5.41, 5.74) is 2.18. The minimum Gasteiger partial charge on any atom is -0.300 e. The average molecular weight is 340 g/mol. The van der Waals surface area contributed by atoms with Crippen molar-refractivity contribution >= 4 is 11.8 Å². The quantitative estimate of drug-likeness (QED) is 0.684. The van der Waals surface area contributed by atoms with E-state index in [1.54, 1.807) is 0 Å². The van der Waals surface area contributed by atoms with E-state index in [2.05, 4.69) is 20.9 Å². The second kappa shape index (κ2) is 7.65. The Morgan fingerprint density at radius 3 is 2.75 bits per heavy atom. The standard InChI is InChI=1S/C18H20N4OS/c1-24-18-20-16(15(11-19)17(23)21-18)14-8-4-3-7-13(14)12-22-9-5-2-6-10-22/h3-4,7-8H,2,5-6,9-10,12H2,1H3,(H,20,21,23). The van der Waals surface area contributed by atoms with Crippen molar-refractivity contribution in [1.82, 2.24) is 14.9 Å². The Morgan fingerprint density at radius 2 is 2.04 bits per heavy atom. The van der Waals surface area contributed by atoms with Crippen LogP contribution in [0, 0.1) is 11.3 Å². The van der Waals surface area contributed by atoms with Gasteiger partial charge in [-0.05, 0) is 37.8 Å². The van der Waals surface area contributed by atoms with Gasteiger partial charge in [-0.3, -0.25) is 9.69 Å². The Labute approximate surface area is 145 Å². The van der Waals surface area contributed by atoms with Gasteiger partial charge in [0.1, 0.15) is 11.6 Å². The van der Waals surface area contributed by atoms with E-state index in [1.165, 1.54) is 31.0 Å². The summed E-state index contributed by atoms with van der Waals surface area (Å²) in [5.74, 6) is 0. The molecule has 0 aliphatic carbocycles. The Kier molecular flexibility index (Phi) is 5.34. The van der Waals surface area contributed by atoms with Crippen LogP contribution in [0.4, 0.5) is 0 Å². The molecule has 1 aliphatic heterocycles. The smallest absolute Gasteiger partial charge is 0.270 e. The number of likely N-dealkylation sites (tertiary alicyclic amines) is 1. The summed E-state index contributed by atoms with van der Waals surface area (Å²) in [4.78, 5) is 21.8. The largest absolute Gasteiger partial charge is 0.300 e. The number of piperidine rings is 1. The molecule has 1 aromatic heterocycles. The maximum atomic E-state index is 12.2. The van der Waals surface area contributed by atoms with Gasteiger partial charge in [0.25, 0.3) is 5.56 Å². The summed E-state index contributed by atoms with van der Waals surface area (Å²) in [6, 6.07) is 9.95. The monoisotopic (exact) mass is 340 g/mol. The van der Waals surface area contributed by atoms with E-state index in [-0.39, 0.29) is 11.1 Å². The molecule has 1 fully saturated rings. The number of nitriles is 1. The fraction of sp³-hybridized carbons (Fsp3) is 0.389. The lowest BCUT2D eigenvalue weighted by atomic mass is 10.00. The van der Waals surface area contributed by atoms with Crippen LogP contribution in [-0.4, -0.2) is 34.2 Å². The predicted octanol–water partition coefficient (Wildman–Crippen LogP) is 3.02. The third-order valence-electron chi connectivity index (χ3n) is 4.32. The molecule has 5 nitrogen and oxygen atoms in total. The van der Waals surface area contributed by atoms with Gasteiger partial charge in [-0.2, -0.15) is 5.26 Å². The highest BCUT2D eigenvalue weighted by Crippen LogP contribution is 2.26. The van der Waals surface area contributed by atoms with E-state index in [0.29, 0.717) is 10.9 Å². The maximum Gasteiger partial charge on any atom is 0.270 e. The molecule has 1 aliphatic rings. The lowest BCUT2D eigenvalue weighted by Gasteiger charge is -2.27. The first-order valence-corrected chi connectivity index (χ1v) is 9.34. The third-order valence-corrected chi connectivity index (χ3v) is 4.90. The van der Waals surface area contributed by atoms with Crippen molar-refractivity contribution in [2.24, 2.45) is 0 Å². The van der Waals surface area contributed by atoms with E-state index in [1.807, 2.05) is 30.5 Å². The number of nitrogens with one attached hydrogen (secondary N) is 1. The molecule has 1 saturated heterocycles. The summed E-state index contributed by atoms with van der Waals surface area (Å²) < 4.78 is 0. The average Bonchev–Trinajstić information content (AvgIpc) is 2.62. The summed E-state index contributed by atoms with van der Waals surface area (Å²) >= 11 is 1.37. The number of thioether (sulfide) groups is 1. The molecule has 0 atom stereocenters. The molecule has 1 N–H and O–H groups in total. The second-order valence-electron chi connectivity index (χ2n) is 5.90. The van der Waals surface area contributed by atoms with E-state index in [0.717, 1.165) is 30.8 Å². The molecule has 1 aromatic carbocycles. The topological polar surface area (TPSA) is 72.8 Å². The van der Waals surface area contributed by atoms with Crippen LogP contribution in [0.2, 0.25) is 0 Å². The van der Waals surface area contributed by atoms with E-state index in [4.69, 9.17) is 0 Å². The minimum absolute atomic E-state index is 0.0823. The zero-order valence-electron chi connectivity index (χ0n) is 13.7. The van der Waals surface area contributed by atoms with Gasteiger partial charge < -0.3 is 4.98 Å². The SMILES string of the molecule is CSc1nc(-c2ccccc2CN2CCCCC2)c(C#N)c(=O)[nH]1. The number of hydrogen-bond donors (Lipinski definition) is 1. The Hall–Kier alpha value is -2.10. The second-order valence-corrected chi connectivity index (χ2v) is 6.70. The molecule has 2 heterocycles. The van der Waals surface area contributed by atoms with Crippen molar-refractivity contribution in [1.29, 1.82) is 5.26 Å². The van der Waals surface area contributed by atoms with Crippen molar-refractivity contribution in [2.45, 2.75) is 31.0 Å². The number of aromatic amines is 1. The van der Waals surface area contributed by atoms with Crippen LogP contribution in [0.5, 0.6) is 0 Å². The first-order valence-electron chi connectivity index (χ1n) is 8.12. The van der Waals surface area contributed by atoms with Crippen LogP contribution < -0.4 is 5.56 Å². The molecule has 0 spiro atoms. The zero-order valence-corrected chi connectivity index (χ0v) is 14.5. The first-order chi connectivity index (χ1) is 11.7. The number of benzene rings is 1. The molecule has 24 heavy (non-hydrogen) atoms. The van der Waals surface area contributed by atoms with Crippen LogP contribution in [0.15, 0.2) is 34.2 Å². The van der Waals surface area contributed by atoms with Crippen molar-refractivity contribution in [3.63, 3.8) is 0 Å². The molecular weight excluding hydrogens is 320 g/mol. The highest BCUT2D eigenvalue weighted by molar-refractivity contribution is 7.98. The van der Waals surface area contributed by atoms with E-state index >= 15 is 0 Å². The lowest BCUT2D eigenvalue weighted by Crippen LogP contribution is -2.29. The lowest BCUT2D eigenvalue weighted by molar-refractivity contribution is 0.221. The van der Waals surface area contributed by atoms with Gasteiger partial charge in [0.15, 0.2) is 5.16 Å². The molecule has 0 bridgehead atoms. The molecule has 0 saturated carbocycles. The van der Waals surface area contributed by atoms with E-state index < -0.39 is 0 Å². The highest BCUT2D eigenvalue weighted by Gasteiger charge is 2.18. The van der Waals surface area contributed by atoms with Gasteiger partial charge in [-0.15, -0.1) is 0 Å².